The van der Waals surface area contributed by atoms with Gasteiger partial charge in [-0.25, -0.2) is 4.39 Å². The number of halogens is 2. The molecule has 0 fully saturated rings. The highest BCUT2D eigenvalue weighted by molar-refractivity contribution is 9.10. The highest BCUT2D eigenvalue weighted by atomic mass is 79.9. The van der Waals surface area contributed by atoms with Gasteiger partial charge in [-0.05, 0) is 24.6 Å². The molecule has 0 saturated carbocycles. The van der Waals surface area contributed by atoms with E-state index in [0.29, 0.717) is 11.4 Å². The minimum Gasteiger partial charge on any atom is -0.494 e. The number of benzene rings is 2. The average Bonchev–Trinajstić information content (AvgIpc) is 2.37. The summed E-state index contributed by atoms with van der Waals surface area (Å²) >= 11 is 3.46. The summed E-state index contributed by atoms with van der Waals surface area (Å²) in [6.07, 6.45) is 0. The molecule has 0 bridgehead atoms. The molecule has 5 heteroatoms. The molecule has 0 atom stereocenters. The van der Waals surface area contributed by atoms with E-state index in [-0.39, 0.29) is 5.75 Å². The third kappa shape index (κ3) is 2.98. The molecule has 2 aromatic carbocycles. The Hall–Kier alpha value is -1.75. The van der Waals surface area contributed by atoms with Crippen LogP contribution in [0.4, 0.5) is 21.5 Å². The molecule has 19 heavy (non-hydrogen) atoms. The van der Waals surface area contributed by atoms with Crippen LogP contribution in [0.15, 0.2) is 34.8 Å². The third-order valence-electron chi connectivity index (χ3n) is 2.77. The molecule has 0 aliphatic carbocycles. The summed E-state index contributed by atoms with van der Waals surface area (Å²) in [6.45, 7) is 2.00. The maximum atomic E-state index is 13.4. The molecule has 0 radical (unpaired) electrons. The fourth-order valence-corrected chi connectivity index (χ4v) is 2.04. The fraction of sp³-hybridized carbons (Fsp3) is 0.143. The number of nitrogen functional groups attached to an aromatic ring is 1. The maximum absolute atomic E-state index is 13.4. The molecule has 3 N–H and O–H groups in total. The highest BCUT2D eigenvalue weighted by Gasteiger charge is 2.09. The molecule has 0 unspecified atom stereocenters. The van der Waals surface area contributed by atoms with Crippen LogP contribution in [0.5, 0.6) is 5.75 Å². The number of nitrogens with one attached hydrogen (secondary N) is 1. The molecule has 3 nitrogen and oxygen atoms in total. The normalized spacial score (nSPS) is 10.3. The zero-order valence-electron chi connectivity index (χ0n) is 10.6. The van der Waals surface area contributed by atoms with Gasteiger partial charge in [0.05, 0.1) is 18.5 Å². The smallest absolute Gasteiger partial charge is 0.167 e. The number of aryl methyl sites for hydroxylation is 1. The van der Waals surface area contributed by atoms with Crippen LogP contribution in [0.25, 0.3) is 0 Å². The van der Waals surface area contributed by atoms with E-state index in [1.165, 1.54) is 13.2 Å². The first-order valence-corrected chi connectivity index (χ1v) is 6.46. The van der Waals surface area contributed by atoms with E-state index in [9.17, 15) is 4.39 Å². The Morgan fingerprint density at radius 1 is 1.26 bits per heavy atom. The van der Waals surface area contributed by atoms with Gasteiger partial charge in [-0.1, -0.05) is 22.0 Å². The summed E-state index contributed by atoms with van der Waals surface area (Å²) in [4.78, 5) is 0. The van der Waals surface area contributed by atoms with Gasteiger partial charge in [0.15, 0.2) is 11.6 Å². The molecule has 0 aliphatic rings. The van der Waals surface area contributed by atoms with Crippen molar-refractivity contribution < 1.29 is 9.13 Å². The van der Waals surface area contributed by atoms with Crippen LogP contribution in [-0.2, 0) is 0 Å². The van der Waals surface area contributed by atoms with Crippen molar-refractivity contribution in [3.8, 4) is 5.75 Å². The zero-order valence-corrected chi connectivity index (χ0v) is 12.2. The van der Waals surface area contributed by atoms with Crippen LogP contribution in [-0.4, -0.2) is 7.11 Å². The van der Waals surface area contributed by atoms with E-state index >= 15 is 0 Å². The van der Waals surface area contributed by atoms with Gasteiger partial charge in [-0.3, -0.25) is 0 Å². The summed E-state index contributed by atoms with van der Waals surface area (Å²) < 4.78 is 19.4. The van der Waals surface area contributed by atoms with Gasteiger partial charge in [0.1, 0.15) is 0 Å². The van der Waals surface area contributed by atoms with Gasteiger partial charge in [-0.15, -0.1) is 0 Å². The second-order valence-corrected chi connectivity index (χ2v) is 5.02. The number of hydrogen-bond donors (Lipinski definition) is 2. The Bertz CT molecular complexity index is 617. The van der Waals surface area contributed by atoms with Crippen molar-refractivity contribution in [3.05, 3.63) is 46.2 Å². The van der Waals surface area contributed by atoms with Gasteiger partial charge in [0, 0.05) is 22.3 Å². The Kier molecular flexibility index (Phi) is 3.95. The predicted octanol–water partition coefficient (Wildman–Crippen LogP) is 4.23. The standard InChI is InChI=1S/C14H14BrFN2O/c1-8-3-4-9(5-10(8)15)18-13-7-14(19-2)11(16)6-12(13)17/h3-7,18H,17H2,1-2H3. The lowest BCUT2D eigenvalue weighted by Gasteiger charge is -2.12. The van der Waals surface area contributed by atoms with Gasteiger partial charge in [-0.2, -0.15) is 0 Å². The number of anilines is 3. The van der Waals surface area contributed by atoms with E-state index in [1.54, 1.807) is 6.07 Å². The number of methoxy groups -OCH3 is 1. The highest BCUT2D eigenvalue weighted by Crippen LogP contribution is 2.31. The molecular weight excluding hydrogens is 311 g/mol. The largest absolute Gasteiger partial charge is 0.494 e. The van der Waals surface area contributed by atoms with E-state index in [4.69, 9.17) is 10.5 Å². The zero-order chi connectivity index (χ0) is 14.0. The average molecular weight is 325 g/mol. The summed E-state index contributed by atoms with van der Waals surface area (Å²) in [7, 11) is 1.42. The van der Waals surface area contributed by atoms with Gasteiger partial charge in [0.2, 0.25) is 0 Å². The Balaban J connectivity index is 2.34. The predicted molar refractivity (Wildman–Crippen MR) is 79.5 cm³/mol. The van der Waals surface area contributed by atoms with E-state index in [2.05, 4.69) is 21.2 Å². The minimum atomic E-state index is -0.476. The SMILES string of the molecule is COc1cc(Nc2ccc(C)c(Br)c2)c(N)cc1F. The first-order valence-electron chi connectivity index (χ1n) is 5.67. The van der Waals surface area contributed by atoms with E-state index in [0.717, 1.165) is 15.7 Å². The van der Waals surface area contributed by atoms with E-state index in [1.807, 2.05) is 25.1 Å². The summed E-state index contributed by atoms with van der Waals surface area (Å²) in [6, 6.07) is 8.62. The summed E-state index contributed by atoms with van der Waals surface area (Å²) in [5.41, 5.74) is 8.72. The second-order valence-electron chi connectivity index (χ2n) is 4.16. The molecule has 0 amide bonds. The summed E-state index contributed by atoms with van der Waals surface area (Å²) in [5.74, 6) is -0.321. The lowest BCUT2D eigenvalue weighted by atomic mass is 10.2. The molecule has 2 aromatic rings. The Labute approximate surface area is 119 Å². The Morgan fingerprint density at radius 3 is 2.63 bits per heavy atom. The van der Waals surface area contributed by atoms with Crippen molar-refractivity contribution >= 4 is 33.0 Å². The van der Waals surface area contributed by atoms with Crippen LogP contribution >= 0.6 is 15.9 Å². The maximum Gasteiger partial charge on any atom is 0.167 e. The van der Waals surface area contributed by atoms with Crippen LogP contribution in [0.3, 0.4) is 0 Å². The van der Waals surface area contributed by atoms with E-state index < -0.39 is 5.82 Å². The lowest BCUT2D eigenvalue weighted by Crippen LogP contribution is -1.99. The molecule has 0 aliphatic heterocycles. The van der Waals surface area contributed by atoms with Gasteiger partial charge >= 0.3 is 0 Å². The second kappa shape index (κ2) is 5.48. The van der Waals surface area contributed by atoms with Crippen molar-refractivity contribution in [1.82, 2.24) is 0 Å². The fourth-order valence-electron chi connectivity index (χ4n) is 1.66. The van der Waals surface area contributed by atoms with Crippen molar-refractivity contribution in [3.63, 3.8) is 0 Å². The number of rotatable bonds is 3. The first kappa shape index (κ1) is 13.7. The topological polar surface area (TPSA) is 47.3 Å². The van der Waals surface area contributed by atoms with Crippen molar-refractivity contribution in [2.75, 3.05) is 18.2 Å². The number of hydrogen-bond acceptors (Lipinski definition) is 3. The molecule has 2 rings (SSSR count). The molecule has 0 saturated heterocycles. The summed E-state index contributed by atoms with van der Waals surface area (Å²) in [5, 5.41) is 3.14. The first-order chi connectivity index (χ1) is 9.01. The van der Waals surface area contributed by atoms with Crippen LogP contribution in [0.1, 0.15) is 5.56 Å². The lowest BCUT2D eigenvalue weighted by molar-refractivity contribution is 0.387. The van der Waals surface area contributed by atoms with Crippen molar-refractivity contribution in [2.24, 2.45) is 0 Å². The third-order valence-corrected chi connectivity index (χ3v) is 3.63. The molecule has 100 valence electrons. The monoisotopic (exact) mass is 324 g/mol. The molecular formula is C14H14BrFN2O. The van der Waals surface area contributed by atoms with Crippen LogP contribution in [0.2, 0.25) is 0 Å². The quantitative estimate of drug-likeness (QED) is 0.830. The molecule has 0 aromatic heterocycles. The van der Waals surface area contributed by atoms with Crippen LogP contribution in [0, 0.1) is 12.7 Å². The van der Waals surface area contributed by atoms with Crippen molar-refractivity contribution in [1.29, 1.82) is 0 Å². The van der Waals surface area contributed by atoms with Crippen LogP contribution < -0.4 is 15.8 Å². The molecule has 0 heterocycles. The van der Waals surface area contributed by atoms with Gasteiger partial charge < -0.3 is 15.8 Å². The Morgan fingerprint density at radius 2 is 2.00 bits per heavy atom. The number of nitrogens with two attached hydrogens (primary N) is 1. The minimum absolute atomic E-state index is 0.155. The van der Waals surface area contributed by atoms with Crippen molar-refractivity contribution in [2.45, 2.75) is 6.92 Å². The van der Waals surface area contributed by atoms with Gasteiger partial charge in [0.25, 0.3) is 0 Å². The number of ether oxygens (including phenoxy) is 1. The molecule has 0 spiro atoms.